The Hall–Kier alpha value is -3.87. The first-order valence-electron chi connectivity index (χ1n) is 13.7. The third-order valence-electron chi connectivity index (χ3n) is 7.60. The van der Waals surface area contributed by atoms with Crippen LogP contribution < -0.4 is 10.2 Å². The Morgan fingerprint density at radius 2 is 1.56 bits per heavy atom. The second kappa shape index (κ2) is 12.3. The summed E-state index contributed by atoms with van der Waals surface area (Å²) in [7, 11) is 0. The second-order valence-electron chi connectivity index (χ2n) is 10.3. The fourth-order valence-electron chi connectivity index (χ4n) is 5.21. The third kappa shape index (κ3) is 5.95. The lowest BCUT2D eigenvalue weighted by atomic mass is 10.0. The first-order valence-corrected chi connectivity index (χ1v) is 14.4. The van der Waals surface area contributed by atoms with Gasteiger partial charge in [0, 0.05) is 45.6 Å². The van der Waals surface area contributed by atoms with Gasteiger partial charge in [0.15, 0.2) is 0 Å². The smallest absolute Gasteiger partial charge is 0.259 e. The van der Waals surface area contributed by atoms with Crippen LogP contribution in [0, 0.1) is 0 Å². The van der Waals surface area contributed by atoms with Gasteiger partial charge in [0.25, 0.3) is 5.91 Å². The van der Waals surface area contributed by atoms with Crippen molar-refractivity contribution in [2.45, 2.75) is 45.3 Å². The van der Waals surface area contributed by atoms with E-state index < -0.39 is 6.04 Å². The molecule has 0 unspecified atom stereocenters. The van der Waals surface area contributed by atoms with Gasteiger partial charge in [-0.2, -0.15) is 0 Å². The Kier molecular flexibility index (Phi) is 8.62. The molecule has 0 aliphatic carbocycles. The third-order valence-corrected chi connectivity index (χ3v) is 8.31. The fraction of sp³-hybridized carbons (Fsp3) is 0.242. The number of carbonyl (C=O) groups is 3. The molecule has 0 radical (unpaired) electrons. The van der Waals surface area contributed by atoms with Crippen molar-refractivity contribution in [2.24, 2.45) is 0 Å². The summed E-state index contributed by atoms with van der Waals surface area (Å²) in [6.07, 6.45) is 1.01. The molecular formula is C33H31Cl2N3O3. The number of nitrogens with zero attached hydrogens (tertiary/aromatic N) is 2. The molecule has 41 heavy (non-hydrogen) atoms. The van der Waals surface area contributed by atoms with Crippen LogP contribution in [-0.4, -0.2) is 41.2 Å². The van der Waals surface area contributed by atoms with E-state index in [0.717, 1.165) is 22.8 Å². The highest BCUT2D eigenvalue weighted by atomic mass is 35.5. The molecule has 1 N–H and O–H groups in total. The van der Waals surface area contributed by atoms with Crippen LogP contribution in [0.2, 0.25) is 10.0 Å². The van der Waals surface area contributed by atoms with Crippen LogP contribution >= 0.6 is 23.2 Å². The zero-order valence-electron chi connectivity index (χ0n) is 22.9. The molecule has 0 aromatic heterocycles. The largest absolute Gasteiger partial charge is 0.352 e. The zero-order chi connectivity index (χ0) is 29.1. The average Bonchev–Trinajstić information content (AvgIpc) is 3.24. The minimum absolute atomic E-state index is 0.00193. The van der Waals surface area contributed by atoms with E-state index in [4.69, 9.17) is 23.2 Å². The molecule has 3 amide bonds. The predicted octanol–water partition coefficient (Wildman–Crippen LogP) is 6.66. The van der Waals surface area contributed by atoms with Crippen molar-refractivity contribution in [2.75, 3.05) is 11.4 Å². The molecule has 4 aromatic rings. The van der Waals surface area contributed by atoms with E-state index in [2.05, 4.69) is 5.32 Å². The SMILES string of the molecule is CC[C@H](C)NC(=O)[C@H](Cc1ccccc1)N(Cc1c(Cl)cccc1Cl)C(=O)CN1C(=O)c2cccc3cccc1c23. The number of benzene rings is 4. The van der Waals surface area contributed by atoms with E-state index in [0.29, 0.717) is 26.9 Å². The Bertz CT molecular complexity index is 1580. The molecule has 0 saturated carbocycles. The predicted molar refractivity (Wildman–Crippen MR) is 164 cm³/mol. The van der Waals surface area contributed by atoms with Crippen LogP contribution in [0.15, 0.2) is 84.9 Å². The summed E-state index contributed by atoms with van der Waals surface area (Å²) in [5, 5.41) is 5.59. The number of nitrogens with one attached hydrogen (secondary N) is 1. The van der Waals surface area contributed by atoms with Gasteiger partial charge in [-0.1, -0.05) is 90.8 Å². The average molecular weight is 589 g/mol. The number of anilines is 1. The number of hydrogen-bond acceptors (Lipinski definition) is 3. The minimum atomic E-state index is -0.873. The lowest BCUT2D eigenvalue weighted by molar-refractivity contribution is -0.140. The topological polar surface area (TPSA) is 69.7 Å². The Labute approximate surface area is 249 Å². The number of hydrogen-bond donors (Lipinski definition) is 1. The Morgan fingerprint density at radius 3 is 2.24 bits per heavy atom. The van der Waals surface area contributed by atoms with Crippen LogP contribution in [0.25, 0.3) is 10.8 Å². The zero-order valence-corrected chi connectivity index (χ0v) is 24.5. The molecule has 0 bridgehead atoms. The van der Waals surface area contributed by atoms with Gasteiger partial charge in [0.1, 0.15) is 12.6 Å². The van der Waals surface area contributed by atoms with Crippen molar-refractivity contribution in [1.29, 1.82) is 0 Å². The molecule has 8 heteroatoms. The van der Waals surface area contributed by atoms with Crippen molar-refractivity contribution in [3.05, 3.63) is 112 Å². The molecule has 0 saturated heterocycles. The van der Waals surface area contributed by atoms with Crippen LogP contribution in [0.3, 0.4) is 0 Å². The maximum absolute atomic E-state index is 14.3. The molecule has 6 nitrogen and oxygen atoms in total. The lowest BCUT2D eigenvalue weighted by Crippen LogP contribution is -2.54. The Morgan fingerprint density at radius 1 is 0.902 bits per heavy atom. The summed E-state index contributed by atoms with van der Waals surface area (Å²) in [6.45, 7) is 3.68. The van der Waals surface area contributed by atoms with E-state index in [1.807, 2.05) is 74.5 Å². The van der Waals surface area contributed by atoms with E-state index in [9.17, 15) is 14.4 Å². The molecule has 0 spiro atoms. The highest BCUT2D eigenvalue weighted by Gasteiger charge is 2.36. The number of rotatable bonds is 10. The van der Waals surface area contributed by atoms with Crippen LogP contribution in [-0.2, 0) is 22.6 Å². The maximum atomic E-state index is 14.3. The molecule has 0 fully saturated rings. The van der Waals surface area contributed by atoms with Gasteiger partial charge in [-0.15, -0.1) is 0 Å². The molecule has 210 valence electrons. The molecule has 4 aromatic carbocycles. The second-order valence-corrected chi connectivity index (χ2v) is 11.1. The van der Waals surface area contributed by atoms with Gasteiger partial charge in [0.2, 0.25) is 11.8 Å². The monoisotopic (exact) mass is 587 g/mol. The van der Waals surface area contributed by atoms with Crippen molar-refractivity contribution in [3.8, 4) is 0 Å². The quantitative estimate of drug-likeness (QED) is 0.225. The first-order chi connectivity index (χ1) is 19.8. The summed E-state index contributed by atoms with van der Waals surface area (Å²) in [5.41, 5.74) is 2.67. The van der Waals surface area contributed by atoms with Crippen molar-refractivity contribution < 1.29 is 14.4 Å². The molecule has 5 rings (SSSR count). The van der Waals surface area contributed by atoms with E-state index in [1.54, 1.807) is 24.3 Å². The maximum Gasteiger partial charge on any atom is 0.259 e. The van der Waals surface area contributed by atoms with E-state index >= 15 is 0 Å². The summed E-state index contributed by atoms with van der Waals surface area (Å²) >= 11 is 13.1. The molecular weight excluding hydrogens is 557 g/mol. The van der Waals surface area contributed by atoms with Crippen LogP contribution in [0.5, 0.6) is 0 Å². The van der Waals surface area contributed by atoms with Crippen LogP contribution in [0.4, 0.5) is 5.69 Å². The first kappa shape index (κ1) is 28.7. The van der Waals surface area contributed by atoms with Gasteiger partial charge in [-0.25, -0.2) is 0 Å². The summed E-state index contributed by atoms with van der Waals surface area (Å²) in [5.74, 6) is -0.915. The molecule has 1 heterocycles. The standard InChI is InChI=1S/C33H31Cl2N3O3/c1-3-21(2)36-32(40)29(18-22-10-5-4-6-11-22)37(19-25-26(34)15-9-16-27(25)35)30(39)20-38-28-17-8-13-23-12-7-14-24(31(23)28)33(38)41/h4-17,21,29H,3,18-20H2,1-2H3,(H,36,40)/t21-,29-/m0/s1. The number of halogens is 2. The highest BCUT2D eigenvalue weighted by molar-refractivity contribution is 6.36. The Balaban J connectivity index is 1.54. The fourth-order valence-corrected chi connectivity index (χ4v) is 5.73. The normalized spacial score (nSPS) is 13.8. The summed E-state index contributed by atoms with van der Waals surface area (Å²) in [6, 6.07) is 25.0. The van der Waals surface area contributed by atoms with Gasteiger partial charge in [-0.3, -0.25) is 19.3 Å². The molecule has 2 atom stereocenters. The number of amides is 3. The van der Waals surface area contributed by atoms with Crippen molar-refractivity contribution in [1.82, 2.24) is 10.2 Å². The summed E-state index contributed by atoms with van der Waals surface area (Å²) < 4.78 is 0. The van der Waals surface area contributed by atoms with Gasteiger partial charge >= 0.3 is 0 Å². The van der Waals surface area contributed by atoms with Gasteiger partial charge in [0.05, 0.1) is 5.69 Å². The minimum Gasteiger partial charge on any atom is -0.352 e. The van der Waals surface area contributed by atoms with Gasteiger partial charge < -0.3 is 10.2 Å². The highest BCUT2D eigenvalue weighted by Crippen LogP contribution is 2.37. The van der Waals surface area contributed by atoms with Gasteiger partial charge in [-0.05, 0) is 48.6 Å². The lowest BCUT2D eigenvalue weighted by Gasteiger charge is -2.34. The van der Waals surface area contributed by atoms with E-state index in [1.165, 1.54) is 9.80 Å². The van der Waals surface area contributed by atoms with Crippen molar-refractivity contribution >= 4 is 57.4 Å². The molecule has 1 aliphatic rings. The number of carbonyl (C=O) groups excluding carboxylic acids is 3. The van der Waals surface area contributed by atoms with Crippen molar-refractivity contribution in [3.63, 3.8) is 0 Å². The molecule has 1 aliphatic heterocycles. The van der Waals surface area contributed by atoms with Crippen LogP contribution in [0.1, 0.15) is 41.8 Å². The van der Waals surface area contributed by atoms with E-state index in [-0.39, 0.29) is 43.3 Å². The summed E-state index contributed by atoms with van der Waals surface area (Å²) in [4.78, 5) is 44.6.